The smallest absolute Gasteiger partial charge is 0.177 e. The Hall–Kier alpha value is -0.600. The molecule has 0 bridgehead atoms. The third-order valence-electron chi connectivity index (χ3n) is 2.52. The Kier molecular flexibility index (Phi) is 7.40. The zero-order chi connectivity index (χ0) is 12.8. The minimum absolute atomic E-state index is 0. The van der Waals surface area contributed by atoms with Crippen LogP contribution in [0.25, 0.3) is 0 Å². The molecule has 0 atom stereocenters. The van der Waals surface area contributed by atoms with Crippen LogP contribution in [0.5, 0.6) is 0 Å². The van der Waals surface area contributed by atoms with Gasteiger partial charge < -0.3 is 28.8 Å². The summed E-state index contributed by atoms with van der Waals surface area (Å²) >= 11 is 1.35. The minimum atomic E-state index is 0. The number of hydroxylamine groups is 1. The van der Waals surface area contributed by atoms with Crippen LogP contribution >= 0.6 is 12.1 Å². The van der Waals surface area contributed by atoms with Crippen LogP contribution in [0, 0.1) is 0 Å². The third kappa shape index (κ3) is 5.12. The summed E-state index contributed by atoms with van der Waals surface area (Å²) in [6, 6.07) is 4.09. The van der Waals surface area contributed by atoms with Gasteiger partial charge in [-0.3, -0.25) is 0 Å². The summed E-state index contributed by atoms with van der Waals surface area (Å²) in [4.78, 5) is 5.48. The molecule has 0 aliphatic carbocycles. The number of aromatic nitrogens is 1. The van der Waals surface area contributed by atoms with Crippen LogP contribution in [-0.2, 0) is 11.9 Å². The first kappa shape index (κ1) is 16.5. The second-order valence-corrected chi connectivity index (χ2v) is 4.89. The summed E-state index contributed by atoms with van der Waals surface area (Å²) < 4.78 is 8.21. The SMILES string of the molecule is CCCC=CON1CC(c2ccc[n+](C)c2)=NS1.[I-]. The lowest BCUT2D eigenvalue weighted by Gasteiger charge is -2.09. The monoisotopic (exact) mass is 391 g/mol. The van der Waals surface area contributed by atoms with Crippen molar-refractivity contribution in [3.8, 4) is 0 Å². The fourth-order valence-electron chi connectivity index (χ4n) is 1.58. The number of unbranched alkanes of at least 4 members (excludes halogenated alkanes) is 1. The molecule has 0 saturated carbocycles. The van der Waals surface area contributed by atoms with E-state index in [1.54, 1.807) is 10.7 Å². The van der Waals surface area contributed by atoms with Gasteiger partial charge in [-0.2, -0.15) is 4.40 Å². The van der Waals surface area contributed by atoms with Crippen molar-refractivity contribution in [2.45, 2.75) is 19.8 Å². The van der Waals surface area contributed by atoms with Crippen molar-refractivity contribution in [1.82, 2.24) is 4.47 Å². The Labute approximate surface area is 135 Å². The molecule has 0 radical (unpaired) electrons. The fourth-order valence-corrected chi connectivity index (χ4v) is 2.20. The van der Waals surface area contributed by atoms with Crippen LogP contribution in [0.2, 0.25) is 0 Å². The molecule has 0 N–H and O–H groups in total. The molecule has 4 nitrogen and oxygen atoms in total. The van der Waals surface area contributed by atoms with E-state index in [4.69, 9.17) is 4.84 Å². The van der Waals surface area contributed by atoms with Crippen molar-refractivity contribution in [3.63, 3.8) is 0 Å². The Bertz CT molecular complexity index is 465. The minimum Gasteiger partial charge on any atom is -1.00 e. The average Bonchev–Trinajstić information content (AvgIpc) is 2.83. The van der Waals surface area contributed by atoms with Crippen molar-refractivity contribution >= 4 is 17.8 Å². The molecule has 1 aliphatic rings. The summed E-state index contributed by atoms with van der Waals surface area (Å²) in [7, 11) is 2.01. The summed E-state index contributed by atoms with van der Waals surface area (Å²) in [5, 5.41) is 0. The molecule has 0 unspecified atom stereocenters. The van der Waals surface area contributed by atoms with Crippen LogP contribution in [0.15, 0.2) is 41.3 Å². The topological polar surface area (TPSA) is 28.7 Å². The number of rotatable bonds is 5. The molecule has 19 heavy (non-hydrogen) atoms. The molecule has 104 valence electrons. The number of aryl methyl sites for hydroxylation is 1. The maximum Gasteiger partial charge on any atom is 0.177 e. The highest BCUT2D eigenvalue weighted by Gasteiger charge is 2.20. The van der Waals surface area contributed by atoms with Crippen molar-refractivity contribution in [2.24, 2.45) is 11.4 Å². The maximum atomic E-state index is 5.48. The van der Waals surface area contributed by atoms with Gasteiger partial charge in [0.2, 0.25) is 0 Å². The van der Waals surface area contributed by atoms with E-state index in [-0.39, 0.29) is 24.0 Å². The number of hydrogen-bond donors (Lipinski definition) is 0. The van der Waals surface area contributed by atoms with Crippen LogP contribution in [0.4, 0.5) is 0 Å². The van der Waals surface area contributed by atoms with Crippen LogP contribution in [-0.4, -0.2) is 16.7 Å². The number of pyridine rings is 1. The van der Waals surface area contributed by atoms with E-state index < -0.39 is 0 Å². The molecule has 1 aromatic rings. The molecule has 0 amide bonds. The molecule has 0 saturated heterocycles. The molecular formula is C13H18IN3OS. The van der Waals surface area contributed by atoms with E-state index in [2.05, 4.69) is 23.6 Å². The predicted molar refractivity (Wildman–Crippen MR) is 73.6 cm³/mol. The summed E-state index contributed by atoms with van der Waals surface area (Å²) in [6.45, 7) is 2.84. The molecule has 1 aliphatic heterocycles. The predicted octanol–water partition coefficient (Wildman–Crippen LogP) is -0.572. The van der Waals surface area contributed by atoms with Gasteiger partial charge in [0.1, 0.15) is 13.3 Å². The quantitative estimate of drug-likeness (QED) is 0.291. The van der Waals surface area contributed by atoms with Crippen LogP contribution < -0.4 is 28.5 Å². The summed E-state index contributed by atoms with van der Waals surface area (Å²) in [5.41, 5.74) is 2.18. The second-order valence-electron chi connectivity index (χ2n) is 4.13. The van der Waals surface area contributed by atoms with Gasteiger partial charge in [0, 0.05) is 6.07 Å². The Morgan fingerprint density at radius 3 is 3.16 bits per heavy atom. The molecule has 2 heterocycles. The van der Waals surface area contributed by atoms with Crippen molar-refractivity contribution in [2.75, 3.05) is 6.54 Å². The molecule has 0 aromatic carbocycles. The third-order valence-corrected chi connectivity index (χ3v) is 3.22. The van der Waals surface area contributed by atoms with E-state index in [1.165, 1.54) is 12.1 Å². The first-order valence-electron chi connectivity index (χ1n) is 6.08. The van der Waals surface area contributed by atoms with Gasteiger partial charge in [-0.25, -0.2) is 4.57 Å². The number of hydrogen-bond acceptors (Lipinski definition) is 4. The molecule has 6 heteroatoms. The van der Waals surface area contributed by atoms with E-state index in [0.29, 0.717) is 6.54 Å². The molecule has 1 aromatic heterocycles. The summed E-state index contributed by atoms with van der Waals surface area (Å²) in [6.07, 6.45) is 10.0. The summed E-state index contributed by atoms with van der Waals surface area (Å²) in [5.74, 6) is 0. The molecular weight excluding hydrogens is 373 g/mol. The molecule has 0 spiro atoms. The highest BCUT2D eigenvalue weighted by molar-refractivity contribution is 7.96. The van der Waals surface area contributed by atoms with Gasteiger partial charge >= 0.3 is 0 Å². The van der Waals surface area contributed by atoms with E-state index in [0.717, 1.165) is 24.1 Å². The van der Waals surface area contributed by atoms with Crippen molar-refractivity contribution in [3.05, 3.63) is 42.4 Å². The molecule has 2 rings (SSSR count). The first-order valence-corrected chi connectivity index (χ1v) is 6.81. The lowest BCUT2D eigenvalue weighted by molar-refractivity contribution is -0.671. The Morgan fingerprint density at radius 1 is 1.58 bits per heavy atom. The highest BCUT2D eigenvalue weighted by atomic mass is 127. The van der Waals surface area contributed by atoms with Gasteiger partial charge in [0.05, 0.1) is 30.0 Å². The van der Waals surface area contributed by atoms with Crippen molar-refractivity contribution < 1.29 is 33.4 Å². The van der Waals surface area contributed by atoms with Gasteiger partial charge in [-0.15, -0.1) is 0 Å². The number of halogens is 1. The fraction of sp³-hybridized carbons (Fsp3) is 0.385. The normalized spacial score (nSPS) is 15.4. The van der Waals surface area contributed by atoms with E-state index in [9.17, 15) is 0 Å². The van der Waals surface area contributed by atoms with Crippen LogP contribution in [0.1, 0.15) is 25.3 Å². The lowest BCUT2D eigenvalue weighted by atomic mass is 10.2. The second kappa shape index (κ2) is 8.55. The Balaban J connectivity index is 0.00000180. The maximum absolute atomic E-state index is 5.48. The first-order chi connectivity index (χ1) is 8.79. The van der Waals surface area contributed by atoms with E-state index in [1.807, 2.05) is 30.0 Å². The van der Waals surface area contributed by atoms with Crippen molar-refractivity contribution in [1.29, 1.82) is 0 Å². The van der Waals surface area contributed by atoms with Gasteiger partial charge in [-0.1, -0.05) is 17.8 Å². The largest absolute Gasteiger partial charge is 1.00 e. The van der Waals surface area contributed by atoms with Gasteiger partial charge in [0.25, 0.3) is 0 Å². The average molecular weight is 391 g/mol. The standard InChI is InChI=1S/C13H18N3OS.HI/c1-3-4-5-9-17-16-11-13(14-18-16)12-7-6-8-15(2)10-12;/h5-10H,3-4,11H2,1-2H3;1H/q+1;/p-1. The Morgan fingerprint density at radius 2 is 2.42 bits per heavy atom. The van der Waals surface area contributed by atoms with E-state index >= 15 is 0 Å². The highest BCUT2D eigenvalue weighted by Crippen LogP contribution is 2.22. The van der Waals surface area contributed by atoms with Gasteiger partial charge in [-0.05, 0) is 18.6 Å². The number of nitrogens with zero attached hydrogens (tertiary/aromatic N) is 3. The molecule has 0 fully saturated rings. The zero-order valence-corrected chi connectivity index (χ0v) is 14.1. The lowest BCUT2D eigenvalue weighted by Crippen LogP contribution is -3.00. The zero-order valence-electron chi connectivity index (χ0n) is 11.1. The van der Waals surface area contributed by atoms with Crippen LogP contribution in [0.3, 0.4) is 0 Å². The number of allylic oxidation sites excluding steroid dienone is 1. The van der Waals surface area contributed by atoms with Gasteiger partial charge in [0.15, 0.2) is 12.4 Å².